The minimum Gasteiger partial charge on any atom is -0.293 e. The minimum absolute atomic E-state index is 0.0202. The van der Waals surface area contributed by atoms with Gasteiger partial charge in [0.15, 0.2) is 5.78 Å². The Hall–Kier alpha value is -1.35. The molecule has 0 fully saturated rings. The van der Waals surface area contributed by atoms with Crippen LogP contribution in [0.1, 0.15) is 27.0 Å². The van der Waals surface area contributed by atoms with Crippen molar-refractivity contribution in [3.05, 3.63) is 34.4 Å². The Morgan fingerprint density at radius 3 is 2.47 bits per heavy atom. The number of Topliss-reactive ketones (excluding diaryl/α,β-unsaturated/α-hetero) is 1. The van der Waals surface area contributed by atoms with Gasteiger partial charge in [-0.05, 0) is 24.6 Å². The quantitative estimate of drug-likeness (QED) is 0.620. The Labute approximate surface area is 104 Å². The molecule has 1 aromatic carbocycles. The second kappa shape index (κ2) is 4.88. The normalized spacial score (nSPS) is 11.1. The van der Waals surface area contributed by atoms with E-state index in [1.165, 1.54) is 13.0 Å². The van der Waals surface area contributed by atoms with E-state index in [9.17, 15) is 18.0 Å². The van der Waals surface area contributed by atoms with Crippen LogP contribution in [0.25, 0.3) is 0 Å². The molecule has 2 nitrogen and oxygen atoms in total. The smallest absolute Gasteiger partial charge is 0.293 e. The lowest BCUT2D eigenvalue weighted by Gasteiger charge is -2.12. The number of hydrogen-bond donors (Lipinski definition) is 0. The lowest BCUT2D eigenvalue weighted by Crippen LogP contribution is -2.12. The van der Waals surface area contributed by atoms with Gasteiger partial charge in [0.25, 0.3) is 0 Å². The van der Waals surface area contributed by atoms with Gasteiger partial charge in [0.2, 0.25) is 0 Å². The molecule has 0 N–H and O–H groups in total. The van der Waals surface area contributed by atoms with Gasteiger partial charge in [0.05, 0.1) is 22.5 Å². The van der Waals surface area contributed by atoms with Crippen LogP contribution in [0.5, 0.6) is 0 Å². The van der Waals surface area contributed by atoms with Crippen molar-refractivity contribution in [3.8, 4) is 6.07 Å². The van der Waals surface area contributed by atoms with Crippen LogP contribution in [0.2, 0.25) is 0 Å². The van der Waals surface area contributed by atoms with Gasteiger partial charge < -0.3 is 0 Å². The van der Waals surface area contributed by atoms with E-state index in [0.29, 0.717) is 5.56 Å². The zero-order valence-corrected chi connectivity index (χ0v) is 10.3. The van der Waals surface area contributed by atoms with Gasteiger partial charge in [-0.15, -0.1) is 0 Å². The molecule has 0 bridgehead atoms. The predicted molar refractivity (Wildman–Crippen MR) is 59.0 cm³/mol. The molecule has 6 heteroatoms. The highest BCUT2D eigenvalue weighted by Crippen LogP contribution is 2.33. The minimum atomic E-state index is -4.64. The van der Waals surface area contributed by atoms with E-state index >= 15 is 0 Å². The molecule has 0 aromatic heterocycles. The van der Waals surface area contributed by atoms with Crippen molar-refractivity contribution in [1.29, 1.82) is 5.26 Å². The first-order valence-corrected chi connectivity index (χ1v) is 5.64. The number of alkyl halides is 4. The molecule has 0 aliphatic heterocycles. The molecule has 0 spiro atoms. The summed E-state index contributed by atoms with van der Waals surface area (Å²) < 4.78 is 37.9. The van der Waals surface area contributed by atoms with E-state index in [2.05, 4.69) is 15.9 Å². The molecule has 0 amide bonds. The molecule has 0 aliphatic carbocycles. The summed E-state index contributed by atoms with van der Waals surface area (Å²) >= 11 is 2.90. The summed E-state index contributed by atoms with van der Waals surface area (Å²) in [4.78, 5) is 11.4. The van der Waals surface area contributed by atoms with Gasteiger partial charge in [-0.1, -0.05) is 15.9 Å². The third kappa shape index (κ3) is 2.86. The monoisotopic (exact) mass is 305 g/mol. The Morgan fingerprint density at radius 2 is 2.06 bits per heavy atom. The predicted octanol–water partition coefficient (Wildman–Crippen LogP) is 3.46. The van der Waals surface area contributed by atoms with Crippen LogP contribution < -0.4 is 0 Å². The molecule has 90 valence electrons. The number of carbonyl (C=O) groups is 1. The maximum Gasteiger partial charge on any atom is 0.417 e. The first kappa shape index (κ1) is 13.7. The van der Waals surface area contributed by atoms with Gasteiger partial charge in [0, 0.05) is 5.56 Å². The highest BCUT2D eigenvalue weighted by Gasteiger charge is 2.34. The van der Waals surface area contributed by atoms with E-state index < -0.39 is 23.1 Å². The summed E-state index contributed by atoms with van der Waals surface area (Å²) in [7, 11) is 0. The number of carbonyl (C=O) groups excluding carboxylic acids is 1. The van der Waals surface area contributed by atoms with E-state index in [1.54, 1.807) is 0 Å². The van der Waals surface area contributed by atoms with E-state index in [-0.39, 0.29) is 10.9 Å². The van der Waals surface area contributed by atoms with Gasteiger partial charge in [-0.25, -0.2) is 0 Å². The van der Waals surface area contributed by atoms with Crippen LogP contribution in [-0.2, 0) is 6.18 Å². The fourth-order valence-electron chi connectivity index (χ4n) is 1.41. The van der Waals surface area contributed by atoms with Crippen LogP contribution in [0.3, 0.4) is 0 Å². The van der Waals surface area contributed by atoms with Crippen LogP contribution in [-0.4, -0.2) is 11.1 Å². The Morgan fingerprint density at radius 1 is 1.47 bits per heavy atom. The van der Waals surface area contributed by atoms with Crippen molar-refractivity contribution in [2.24, 2.45) is 0 Å². The van der Waals surface area contributed by atoms with Crippen LogP contribution in [0, 0.1) is 18.3 Å². The average Bonchev–Trinajstić information content (AvgIpc) is 2.25. The highest BCUT2D eigenvalue weighted by molar-refractivity contribution is 9.09. The van der Waals surface area contributed by atoms with Crippen LogP contribution >= 0.6 is 15.9 Å². The maximum atomic E-state index is 12.6. The standard InChI is InChI=1S/C11H7BrF3NO/c1-6-2-7(5-16)9(11(13,14)15)3-8(6)10(17)4-12/h2-3H,4H2,1H3. The van der Waals surface area contributed by atoms with Crippen LogP contribution in [0.15, 0.2) is 12.1 Å². The number of halogens is 4. The fourth-order valence-corrected chi connectivity index (χ4v) is 1.71. The average molecular weight is 306 g/mol. The van der Waals surface area contributed by atoms with E-state index in [1.807, 2.05) is 0 Å². The van der Waals surface area contributed by atoms with Gasteiger partial charge >= 0.3 is 6.18 Å². The first-order chi connectivity index (χ1) is 7.81. The number of hydrogen-bond acceptors (Lipinski definition) is 2. The number of ketones is 1. The summed E-state index contributed by atoms with van der Waals surface area (Å²) in [6, 6.07) is 3.30. The zero-order valence-electron chi connectivity index (χ0n) is 8.73. The fraction of sp³-hybridized carbons (Fsp3) is 0.273. The first-order valence-electron chi connectivity index (χ1n) is 4.52. The Bertz CT molecular complexity index is 503. The molecule has 17 heavy (non-hydrogen) atoms. The number of benzene rings is 1. The van der Waals surface area contributed by atoms with E-state index in [4.69, 9.17) is 5.26 Å². The number of nitriles is 1. The molecular formula is C11H7BrF3NO. The molecule has 0 saturated heterocycles. The molecule has 0 saturated carbocycles. The van der Waals surface area contributed by atoms with Crippen molar-refractivity contribution in [2.75, 3.05) is 5.33 Å². The SMILES string of the molecule is Cc1cc(C#N)c(C(F)(F)F)cc1C(=O)CBr. The molecule has 0 unspecified atom stereocenters. The van der Waals surface area contributed by atoms with Gasteiger partial charge in [-0.2, -0.15) is 18.4 Å². The molecule has 0 heterocycles. The molecular weight excluding hydrogens is 299 g/mol. The maximum absolute atomic E-state index is 12.6. The number of rotatable bonds is 2. The topological polar surface area (TPSA) is 40.9 Å². The second-order valence-corrected chi connectivity index (χ2v) is 3.94. The molecule has 1 aromatic rings. The number of nitrogens with zero attached hydrogens (tertiary/aromatic N) is 1. The summed E-state index contributed by atoms with van der Waals surface area (Å²) in [5, 5.41) is 8.59. The zero-order chi connectivity index (χ0) is 13.2. The lowest BCUT2D eigenvalue weighted by atomic mass is 9.97. The van der Waals surface area contributed by atoms with Crippen molar-refractivity contribution in [3.63, 3.8) is 0 Å². The van der Waals surface area contributed by atoms with Crippen molar-refractivity contribution >= 4 is 21.7 Å². The molecule has 0 aliphatic rings. The highest BCUT2D eigenvalue weighted by atomic mass is 79.9. The Balaban J connectivity index is 3.50. The summed E-state index contributed by atoms with van der Waals surface area (Å²) in [6.45, 7) is 1.50. The van der Waals surface area contributed by atoms with E-state index in [0.717, 1.165) is 12.1 Å². The summed E-state index contributed by atoms with van der Waals surface area (Å²) in [5.74, 6) is -0.447. The summed E-state index contributed by atoms with van der Waals surface area (Å²) in [5.41, 5.74) is -1.21. The van der Waals surface area contributed by atoms with Crippen molar-refractivity contribution in [2.45, 2.75) is 13.1 Å². The van der Waals surface area contributed by atoms with Gasteiger partial charge in [-0.3, -0.25) is 4.79 Å². The van der Waals surface area contributed by atoms with Gasteiger partial charge in [0.1, 0.15) is 0 Å². The number of aryl methyl sites for hydroxylation is 1. The second-order valence-electron chi connectivity index (χ2n) is 3.38. The summed E-state index contributed by atoms with van der Waals surface area (Å²) in [6.07, 6.45) is -4.64. The van der Waals surface area contributed by atoms with Crippen LogP contribution in [0.4, 0.5) is 13.2 Å². The molecule has 1 rings (SSSR count). The third-order valence-corrected chi connectivity index (χ3v) is 2.72. The lowest BCUT2D eigenvalue weighted by molar-refractivity contribution is -0.137. The molecule has 0 atom stereocenters. The third-order valence-electron chi connectivity index (χ3n) is 2.21. The van der Waals surface area contributed by atoms with Crippen molar-refractivity contribution in [1.82, 2.24) is 0 Å². The molecule has 0 radical (unpaired) electrons. The Kier molecular flexibility index (Phi) is 3.94. The largest absolute Gasteiger partial charge is 0.417 e. The van der Waals surface area contributed by atoms with Crippen molar-refractivity contribution < 1.29 is 18.0 Å².